The van der Waals surface area contributed by atoms with Crippen LogP contribution in [0.25, 0.3) is 10.9 Å². The van der Waals surface area contributed by atoms with E-state index in [0.717, 1.165) is 12.0 Å². The van der Waals surface area contributed by atoms with Crippen molar-refractivity contribution in [2.75, 3.05) is 25.1 Å². The van der Waals surface area contributed by atoms with Crippen LogP contribution in [0.5, 0.6) is 0 Å². The van der Waals surface area contributed by atoms with Crippen LogP contribution in [-0.2, 0) is 4.74 Å². The van der Waals surface area contributed by atoms with Gasteiger partial charge in [-0.2, -0.15) is 0 Å². The van der Waals surface area contributed by atoms with Gasteiger partial charge in [-0.05, 0) is 24.1 Å². The highest BCUT2D eigenvalue weighted by molar-refractivity contribution is 5.96. The highest BCUT2D eigenvalue weighted by atomic mass is 16.5. The third-order valence-electron chi connectivity index (χ3n) is 2.87. The van der Waals surface area contributed by atoms with Gasteiger partial charge in [0.2, 0.25) is 0 Å². The van der Waals surface area contributed by atoms with Crippen LogP contribution in [0, 0.1) is 5.92 Å². The second-order valence-corrected chi connectivity index (χ2v) is 5.15. The molecule has 1 aromatic heterocycles. The monoisotopic (exact) mass is 289 g/mol. The van der Waals surface area contributed by atoms with Gasteiger partial charge in [0.25, 0.3) is 0 Å². The Hall–Kier alpha value is -2.21. The van der Waals surface area contributed by atoms with Crippen molar-refractivity contribution in [3.05, 3.63) is 30.1 Å². The molecule has 0 amide bonds. The Bertz CT molecular complexity index is 629. The summed E-state index contributed by atoms with van der Waals surface area (Å²) >= 11 is 0. The smallest absolute Gasteiger partial charge is 0.335 e. The lowest BCUT2D eigenvalue weighted by molar-refractivity contribution is 0.0697. The molecule has 0 radical (unpaired) electrons. The summed E-state index contributed by atoms with van der Waals surface area (Å²) in [5.41, 5.74) is 0.822. The number of fused-ring (bicyclic) bond motifs is 1. The Kier molecular flexibility index (Phi) is 5.05. The van der Waals surface area contributed by atoms with E-state index in [1.165, 1.54) is 6.33 Å². The summed E-state index contributed by atoms with van der Waals surface area (Å²) in [5.74, 6) is 0.233. The Morgan fingerprint density at radius 2 is 2.19 bits per heavy atom. The standard InChI is InChI=1S/C15H19N3O3/c1-10(2)8-21-6-5-16-14-12-4-3-11(15(19)20)7-13(12)17-9-18-14/h3-4,7,9-10H,5-6,8H2,1-2H3,(H,19,20)(H,16,17,18). The molecule has 0 fully saturated rings. The quantitative estimate of drug-likeness (QED) is 0.761. The number of carboxylic acids is 1. The number of nitrogens with zero attached hydrogens (tertiary/aromatic N) is 2. The zero-order valence-electron chi connectivity index (χ0n) is 12.2. The molecule has 6 heteroatoms. The molecule has 0 atom stereocenters. The lowest BCUT2D eigenvalue weighted by atomic mass is 10.1. The fourth-order valence-electron chi connectivity index (χ4n) is 1.89. The zero-order chi connectivity index (χ0) is 15.2. The number of carbonyl (C=O) groups is 1. The minimum atomic E-state index is -0.966. The van der Waals surface area contributed by atoms with Crippen molar-refractivity contribution in [3.8, 4) is 0 Å². The van der Waals surface area contributed by atoms with Crippen molar-refractivity contribution in [2.45, 2.75) is 13.8 Å². The second-order valence-electron chi connectivity index (χ2n) is 5.15. The third kappa shape index (κ3) is 4.13. The largest absolute Gasteiger partial charge is 0.478 e. The Morgan fingerprint density at radius 3 is 2.90 bits per heavy atom. The molecule has 2 N–H and O–H groups in total. The SMILES string of the molecule is CC(C)COCCNc1ncnc2cc(C(=O)O)ccc12. The molecule has 6 nitrogen and oxygen atoms in total. The van der Waals surface area contributed by atoms with E-state index in [0.29, 0.717) is 30.4 Å². The van der Waals surface area contributed by atoms with Gasteiger partial charge in [-0.3, -0.25) is 0 Å². The predicted octanol–water partition coefficient (Wildman–Crippen LogP) is 2.41. The number of aromatic nitrogens is 2. The minimum absolute atomic E-state index is 0.215. The van der Waals surface area contributed by atoms with Crippen LogP contribution in [0.2, 0.25) is 0 Å². The molecule has 0 aliphatic rings. The number of rotatable bonds is 7. The summed E-state index contributed by atoms with van der Waals surface area (Å²) in [6.45, 7) is 6.17. The average Bonchev–Trinajstić information content (AvgIpc) is 2.46. The van der Waals surface area contributed by atoms with Crippen molar-refractivity contribution < 1.29 is 14.6 Å². The molecule has 1 aromatic carbocycles. The fourth-order valence-corrected chi connectivity index (χ4v) is 1.89. The molecule has 2 rings (SSSR count). The molecule has 0 bridgehead atoms. The summed E-state index contributed by atoms with van der Waals surface area (Å²) in [7, 11) is 0. The van der Waals surface area contributed by atoms with Gasteiger partial charge in [-0.15, -0.1) is 0 Å². The van der Waals surface area contributed by atoms with E-state index in [-0.39, 0.29) is 5.56 Å². The highest BCUT2D eigenvalue weighted by Crippen LogP contribution is 2.20. The number of carboxylic acid groups (broad SMARTS) is 1. The van der Waals surface area contributed by atoms with Crippen molar-refractivity contribution in [1.82, 2.24) is 9.97 Å². The Labute approximate surface area is 123 Å². The van der Waals surface area contributed by atoms with Crippen LogP contribution in [0.3, 0.4) is 0 Å². The number of nitrogens with one attached hydrogen (secondary N) is 1. The molecule has 0 aliphatic carbocycles. The van der Waals surface area contributed by atoms with Gasteiger partial charge >= 0.3 is 5.97 Å². The summed E-state index contributed by atoms with van der Waals surface area (Å²) in [6, 6.07) is 4.81. The van der Waals surface area contributed by atoms with E-state index in [1.54, 1.807) is 18.2 Å². The normalized spacial score (nSPS) is 11.0. The van der Waals surface area contributed by atoms with Gasteiger partial charge in [-0.25, -0.2) is 14.8 Å². The molecule has 21 heavy (non-hydrogen) atoms. The van der Waals surface area contributed by atoms with Crippen LogP contribution in [-0.4, -0.2) is 40.8 Å². The van der Waals surface area contributed by atoms with E-state index < -0.39 is 5.97 Å². The van der Waals surface area contributed by atoms with Crippen molar-refractivity contribution in [3.63, 3.8) is 0 Å². The molecular formula is C15H19N3O3. The third-order valence-corrected chi connectivity index (χ3v) is 2.87. The van der Waals surface area contributed by atoms with Gasteiger partial charge < -0.3 is 15.2 Å². The first kappa shape index (κ1) is 15.2. The van der Waals surface area contributed by atoms with Crippen LogP contribution in [0.15, 0.2) is 24.5 Å². The Balaban J connectivity index is 2.05. The van der Waals surface area contributed by atoms with Gasteiger partial charge in [0.15, 0.2) is 0 Å². The fraction of sp³-hybridized carbons (Fsp3) is 0.400. The first-order chi connectivity index (χ1) is 10.1. The van der Waals surface area contributed by atoms with E-state index in [4.69, 9.17) is 9.84 Å². The lowest BCUT2D eigenvalue weighted by Crippen LogP contribution is -2.13. The average molecular weight is 289 g/mol. The summed E-state index contributed by atoms with van der Waals surface area (Å²) in [4.78, 5) is 19.2. The first-order valence-corrected chi connectivity index (χ1v) is 6.87. The molecule has 2 aromatic rings. The number of benzene rings is 1. The molecule has 0 spiro atoms. The summed E-state index contributed by atoms with van der Waals surface area (Å²) in [5, 5.41) is 13.0. The molecule has 1 heterocycles. The molecule has 112 valence electrons. The van der Waals surface area contributed by atoms with E-state index in [2.05, 4.69) is 29.1 Å². The van der Waals surface area contributed by atoms with Crippen molar-refractivity contribution >= 4 is 22.7 Å². The van der Waals surface area contributed by atoms with Gasteiger partial charge in [0, 0.05) is 18.5 Å². The Morgan fingerprint density at radius 1 is 1.38 bits per heavy atom. The lowest BCUT2D eigenvalue weighted by Gasteiger charge is -2.10. The molecule has 0 saturated heterocycles. The number of ether oxygens (including phenoxy) is 1. The number of anilines is 1. The number of hydrogen-bond donors (Lipinski definition) is 2. The zero-order valence-corrected chi connectivity index (χ0v) is 12.2. The van der Waals surface area contributed by atoms with Crippen LogP contribution in [0.4, 0.5) is 5.82 Å². The predicted molar refractivity (Wildman–Crippen MR) is 80.6 cm³/mol. The van der Waals surface area contributed by atoms with Crippen LogP contribution >= 0.6 is 0 Å². The van der Waals surface area contributed by atoms with Crippen LogP contribution < -0.4 is 5.32 Å². The van der Waals surface area contributed by atoms with Crippen molar-refractivity contribution in [1.29, 1.82) is 0 Å². The molecule has 0 unspecified atom stereocenters. The number of aromatic carboxylic acids is 1. The molecule has 0 aliphatic heterocycles. The topological polar surface area (TPSA) is 84.3 Å². The summed E-state index contributed by atoms with van der Waals surface area (Å²) in [6.07, 6.45) is 1.42. The molecule has 0 saturated carbocycles. The van der Waals surface area contributed by atoms with Gasteiger partial charge in [-0.1, -0.05) is 13.8 Å². The van der Waals surface area contributed by atoms with E-state index >= 15 is 0 Å². The minimum Gasteiger partial charge on any atom is -0.478 e. The van der Waals surface area contributed by atoms with E-state index in [1.807, 2.05) is 0 Å². The maximum Gasteiger partial charge on any atom is 0.335 e. The first-order valence-electron chi connectivity index (χ1n) is 6.87. The second kappa shape index (κ2) is 6.99. The maximum absolute atomic E-state index is 11.0. The molecular weight excluding hydrogens is 270 g/mol. The van der Waals surface area contributed by atoms with Crippen LogP contribution in [0.1, 0.15) is 24.2 Å². The van der Waals surface area contributed by atoms with Gasteiger partial charge in [0.05, 0.1) is 17.7 Å². The highest BCUT2D eigenvalue weighted by Gasteiger charge is 2.07. The maximum atomic E-state index is 11.0. The number of hydrogen-bond acceptors (Lipinski definition) is 5. The van der Waals surface area contributed by atoms with E-state index in [9.17, 15) is 4.79 Å². The van der Waals surface area contributed by atoms with Gasteiger partial charge in [0.1, 0.15) is 12.1 Å². The van der Waals surface area contributed by atoms with Crippen molar-refractivity contribution in [2.24, 2.45) is 5.92 Å². The summed E-state index contributed by atoms with van der Waals surface area (Å²) < 4.78 is 5.50.